The van der Waals surface area contributed by atoms with Crippen molar-refractivity contribution < 1.29 is 36.3 Å². The average Bonchev–Trinajstić information content (AvgIpc) is 2.46. The predicted octanol–water partition coefficient (Wildman–Crippen LogP) is 1.60. The van der Waals surface area contributed by atoms with Gasteiger partial charge in [0, 0.05) is 12.6 Å². The Morgan fingerprint density at radius 1 is 1.00 bits per heavy atom. The average molecular weight is 307 g/mol. The normalized spacial score (nSPS) is 16.6. The van der Waals surface area contributed by atoms with Crippen LogP contribution in [0.25, 0.3) is 0 Å². The van der Waals surface area contributed by atoms with Crippen LogP contribution in [0.1, 0.15) is 10.4 Å². The summed E-state index contributed by atoms with van der Waals surface area (Å²) >= 11 is 0. The third-order valence-electron chi connectivity index (χ3n) is 2.60. The highest BCUT2D eigenvalue weighted by molar-refractivity contribution is 6.09. The van der Waals surface area contributed by atoms with E-state index in [2.05, 4.69) is 10.1 Å². The summed E-state index contributed by atoms with van der Waals surface area (Å²) in [5.74, 6) is -13.9. The smallest absolute Gasteiger partial charge is 0.354 e. The number of hydrogen-bond acceptors (Lipinski definition) is 4. The van der Waals surface area contributed by atoms with E-state index in [0.29, 0.717) is 6.08 Å². The van der Waals surface area contributed by atoms with Crippen molar-refractivity contribution in [3.63, 3.8) is 0 Å². The lowest BCUT2D eigenvalue weighted by Crippen LogP contribution is -2.33. The van der Waals surface area contributed by atoms with E-state index in [1.165, 1.54) is 0 Å². The first-order valence-corrected chi connectivity index (χ1v) is 5.53. The first-order chi connectivity index (χ1) is 9.84. The van der Waals surface area contributed by atoms with Gasteiger partial charge in [-0.05, 0) is 0 Å². The van der Waals surface area contributed by atoms with Crippen molar-refractivity contribution in [1.82, 2.24) is 5.32 Å². The van der Waals surface area contributed by atoms with Gasteiger partial charge in [-0.25, -0.2) is 26.7 Å². The Morgan fingerprint density at radius 2 is 1.52 bits per heavy atom. The second-order valence-electron chi connectivity index (χ2n) is 3.93. The Hall–Kier alpha value is -2.45. The SMILES string of the molecule is O=C1OCCN/C1=C\C(=O)c1c(F)c(F)c(F)c(F)c1F. The number of rotatable bonds is 2. The number of hydrogen-bond donors (Lipinski definition) is 1. The lowest BCUT2D eigenvalue weighted by molar-refractivity contribution is -0.141. The number of benzene rings is 1. The molecule has 4 nitrogen and oxygen atoms in total. The number of ketones is 1. The van der Waals surface area contributed by atoms with Crippen LogP contribution in [0.4, 0.5) is 22.0 Å². The van der Waals surface area contributed by atoms with E-state index in [-0.39, 0.29) is 13.2 Å². The van der Waals surface area contributed by atoms with E-state index in [4.69, 9.17) is 0 Å². The Morgan fingerprint density at radius 3 is 2.05 bits per heavy atom. The summed E-state index contributed by atoms with van der Waals surface area (Å²) in [6, 6.07) is 0. The molecular formula is C12H6F5NO3. The summed E-state index contributed by atoms with van der Waals surface area (Å²) in [6.45, 7) is 0.162. The van der Waals surface area contributed by atoms with E-state index in [9.17, 15) is 31.5 Å². The molecule has 2 rings (SSSR count). The summed E-state index contributed by atoms with van der Waals surface area (Å²) in [7, 11) is 0. The van der Waals surface area contributed by atoms with Gasteiger partial charge in [-0.1, -0.05) is 0 Å². The van der Waals surface area contributed by atoms with Gasteiger partial charge in [0.15, 0.2) is 29.1 Å². The number of carbonyl (C=O) groups excluding carboxylic acids is 2. The standard InChI is InChI=1S/C12H6F5NO3/c13-7-6(8(14)10(16)11(17)9(7)15)5(19)3-4-12(20)21-2-1-18-4/h3,18H,1-2H2/b4-3-. The Bertz CT molecular complexity index is 642. The van der Waals surface area contributed by atoms with Gasteiger partial charge >= 0.3 is 5.97 Å². The number of ether oxygens (including phenoxy) is 1. The minimum absolute atomic E-state index is 0.0207. The first-order valence-electron chi connectivity index (χ1n) is 5.53. The van der Waals surface area contributed by atoms with Crippen molar-refractivity contribution in [2.75, 3.05) is 13.2 Å². The van der Waals surface area contributed by atoms with Gasteiger partial charge < -0.3 is 10.1 Å². The lowest BCUT2D eigenvalue weighted by Gasteiger charge is -2.16. The third-order valence-corrected chi connectivity index (χ3v) is 2.60. The van der Waals surface area contributed by atoms with Gasteiger partial charge in [-0.2, -0.15) is 0 Å². The molecule has 1 aliphatic rings. The molecular weight excluding hydrogens is 301 g/mol. The molecule has 0 spiro atoms. The highest BCUT2D eigenvalue weighted by Gasteiger charge is 2.29. The van der Waals surface area contributed by atoms with Gasteiger partial charge in [-0.3, -0.25) is 4.79 Å². The van der Waals surface area contributed by atoms with Crippen molar-refractivity contribution in [3.05, 3.63) is 46.4 Å². The van der Waals surface area contributed by atoms with Crippen LogP contribution in [0.5, 0.6) is 0 Å². The molecule has 0 atom stereocenters. The highest BCUT2D eigenvalue weighted by atomic mass is 19.2. The van der Waals surface area contributed by atoms with Crippen molar-refractivity contribution >= 4 is 11.8 Å². The zero-order chi connectivity index (χ0) is 15.7. The number of esters is 1. The summed E-state index contributed by atoms with van der Waals surface area (Å²) in [6.07, 6.45) is 0.416. The van der Waals surface area contributed by atoms with Crippen molar-refractivity contribution in [3.8, 4) is 0 Å². The van der Waals surface area contributed by atoms with E-state index in [0.717, 1.165) is 0 Å². The second kappa shape index (κ2) is 5.51. The molecule has 21 heavy (non-hydrogen) atoms. The summed E-state index contributed by atoms with van der Waals surface area (Å²) in [5, 5.41) is 2.41. The van der Waals surface area contributed by atoms with Gasteiger partial charge in [-0.15, -0.1) is 0 Å². The monoisotopic (exact) mass is 307 g/mol. The fourth-order valence-corrected chi connectivity index (χ4v) is 1.61. The largest absolute Gasteiger partial charge is 0.459 e. The number of nitrogens with one attached hydrogen (secondary N) is 1. The molecule has 0 unspecified atom stereocenters. The molecule has 112 valence electrons. The molecule has 1 saturated heterocycles. The maximum absolute atomic E-state index is 13.4. The van der Waals surface area contributed by atoms with Gasteiger partial charge in [0.2, 0.25) is 5.82 Å². The van der Waals surface area contributed by atoms with Crippen LogP contribution in [-0.4, -0.2) is 24.9 Å². The van der Waals surface area contributed by atoms with E-state index in [1.54, 1.807) is 0 Å². The minimum atomic E-state index is -2.37. The topological polar surface area (TPSA) is 55.4 Å². The van der Waals surface area contributed by atoms with Crippen LogP contribution in [0.2, 0.25) is 0 Å². The maximum Gasteiger partial charge on any atom is 0.354 e. The molecule has 1 aromatic rings. The van der Waals surface area contributed by atoms with Crippen LogP contribution in [0.15, 0.2) is 11.8 Å². The van der Waals surface area contributed by atoms with Crippen LogP contribution in [0.3, 0.4) is 0 Å². The molecule has 1 heterocycles. The summed E-state index contributed by atoms with van der Waals surface area (Å²) in [4.78, 5) is 22.9. The molecule has 0 bridgehead atoms. The highest BCUT2D eigenvalue weighted by Crippen LogP contribution is 2.24. The number of halogens is 5. The number of carbonyl (C=O) groups is 2. The molecule has 0 radical (unpaired) electrons. The minimum Gasteiger partial charge on any atom is -0.459 e. The number of cyclic esters (lactones) is 1. The van der Waals surface area contributed by atoms with Crippen molar-refractivity contribution in [1.29, 1.82) is 0 Å². The molecule has 0 amide bonds. The van der Waals surface area contributed by atoms with Crippen LogP contribution in [-0.2, 0) is 9.53 Å². The summed E-state index contributed by atoms with van der Waals surface area (Å²) in [5.41, 5.74) is -2.07. The summed E-state index contributed by atoms with van der Waals surface area (Å²) < 4.78 is 70.1. The fourth-order valence-electron chi connectivity index (χ4n) is 1.61. The molecule has 9 heteroatoms. The van der Waals surface area contributed by atoms with E-state index < -0.39 is 52.1 Å². The Kier molecular flexibility index (Phi) is 3.92. The lowest BCUT2D eigenvalue weighted by atomic mass is 10.1. The molecule has 0 aromatic heterocycles. The van der Waals surface area contributed by atoms with Gasteiger partial charge in [0.05, 0.1) is 5.56 Å². The molecule has 0 aliphatic carbocycles. The molecule has 1 N–H and O–H groups in total. The van der Waals surface area contributed by atoms with Gasteiger partial charge in [0.1, 0.15) is 12.3 Å². The van der Waals surface area contributed by atoms with Crippen LogP contribution in [0, 0.1) is 29.1 Å². The van der Waals surface area contributed by atoms with Crippen molar-refractivity contribution in [2.24, 2.45) is 0 Å². The molecule has 1 aromatic carbocycles. The molecule has 1 aliphatic heterocycles. The van der Waals surface area contributed by atoms with Crippen LogP contribution < -0.4 is 5.32 Å². The maximum atomic E-state index is 13.4. The van der Waals surface area contributed by atoms with Crippen LogP contribution >= 0.6 is 0 Å². The zero-order valence-electron chi connectivity index (χ0n) is 10.1. The Labute approximate surface area is 114 Å². The van der Waals surface area contributed by atoms with E-state index >= 15 is 0 Å². The number of allylic oxidation sites excluding steroid dienone is 1. The third kappa shape index (κ3) is 2.58. The molecule has 1 fully saturated rings. The Balaban J connectivity index is 2.49. The number of morpholine rings is 1. The van der Waals surface area contributed by atoms with Gasteiger partial charge in [0.25, 0.3) is 0 Å². The predicted molar refractivity (Wildman–Crippen MR) is 57.6 cm³/mol. The van der Waals surface area contributed by atoms with Crippen molar-refractivity contribution in [2.45, 2.75) is 0 Å². The quantitative estimate of drug-likeness (QED) is 0.225. The molecule has 0 saturated carbocycles. The van der Waals surface area contributed by atoms with E-state index in [1.807, 2.05) is 0 Å². The second-order valence-corrected chi connectivity index (χ2v) is 3.93. The zero-order valence-corrected chi connectivity index (χ0v) is 10.1. The fraction of sp³-hybridized carbons (Fsp3) is 0.167. The first kappa shape index (κ1) is 14.9.